The number of aromatic nitrogens is 2. The summed E-state index contributed by atoms with van der Waals surface area (Å²) in [5, 5.41) is 22.3. The molecular formula is C21H33Cl2N7O2. The largest absolute Gasteiger partial charge is 0.408 e. The van der Waals surface area contributed by atoms with Crippen molar-refractivity contribution in [2.24, 2.45) is 16.8 Å². The highest BCUT2D eigenvalue weighted by Gasteiger charge is 2.27. The third-order valence-electron chi connectivity index (χ3n) is 5.25. The van der Waals surface area contributed by atoms with Crippen LogP contribution in [0.4, 0.5) is 5.82 Å². The second kappa shape index (κ2) is 12.5. The van der Waals surface area contributed by atoms with E-state index in [0.29, 0.717) is 23.8 Å². The van der Waals surface area contributed by atoms with Gasteiger partial charge in [-0.25, -0.2) is 9.97 Å². The molecule has 1 aromatic heterocycles. The normalized spacial score (nSPS) is 18.4. The Morgan fingerprint density at radius 2 is 1.91 bits per heavy atom. The maximum absolute atomic E-state index is 12.6. The average molecular weight is 486 g/mol. The summed E-state index contributed by atoms with van der Waals surface area (Å²) in [6.45, 7) is 6.64. The first-order valence-electron chi connectivity index (χ1n) is 10.4. The Hall–Kier alpha value is -2.52. The van der Waals surface area contributed by atoms with Gasteiger partial charge in [-0.2, -0.15) is 0 Å². The van der Waals surface area contributed by atoms with Gasteiger partial charge in [-0.05, 0) is 37.8 Å². The Morgan fingerprint density at radius 1 is 1.22 bits per heavy atom. The van der Waals surface area contributed by atoms with Gasteiger partial charge in [0.15, 0.2) is 0 Å². The lowest BCUT2D eigenvalue weighted by molar-refractivity contribution is 0.0939. The Kier molecular flexibility index (Phi) is 10.7. The fourth-order valence-electron chi connectivity index (χ4n) is 3.70. The molecule has 1 fully saturated rings. The van der Waals surface area contributed by atoms with E-state index in [1.54, 1.807) is 0 Å². The summed E-state index contributed by atoms with van der Waals surface area (Å²) in [5.74, 6) is 0.806. The minimum absolute atomic E-state index is 0. The van der Waals surface area contributed by atoms with Crippen LogP contribution in [0.3, 0.4) is 0 Å². The Morgan fingerprint density at radius 3 is 2.56 bits per heavy atom. The van der Waals surface area contributed by atoms with Crippen LogP contribution in [0.15, 0.2) is 23.4 Å². The lowest BCUT2D eigenvalue weighted by Crippen LogP contribution is -2.51. The van der Waals surface area contributed by atoms with Crippen molar-refractivity contribution in [1.82, 2.24) is 20.6 Å². The van der Waals surface area contributed by atoms with Gasteiger partial charge in [0.1, 0.15) is 5.82 Å². The number of nitrogens with one attached hydrogen (secondary N) is 3. The molecular weight excluding hydrogens is 453 g/mol. The molecule has 2 atom stereocenters. The Bertz CT molecular complexity index is 940. The maximum atomic E-state index is 12.6. The monoisotopic (exact) mass is 485 g/mol. The first kappa shape index (κ1) is 27.5. The molecule has 1 amide bonds. The van der Waals surface area contributed by atoms with E-state index in [4.69, 9.17) is 10.9 Å². The molecule has 0 unspecified atom stereocenters. The molecule has 0 aliphatic heterocycles. The molecule has 0 radical (unpaired) electrons. The van der Waals surface area contributed by atoms with Gasteiger partial charge in [-0.1, -0.05) is 43.5 Å². The van der Waals surface area contributed by atoms with Crippen LogP contribution in [-0.2, 0) is 0 Å². The topological polar surface area (TPSA) is 138 Å². The van der Waals surface area contributed by atoms with Crippen LogP contribution in [0, 0.1) is 12.8 Å². The quantitative estimate of drug-likeness (QED) is 0.183. The van der Waals surface area contributed by atoms with Crippen molar-refractivity contribution < 1.29 is 10.0 Å². The zero-order valence-electron chi connectivity index (χ0n) is 18.6. The molecule has 9 nitrogen and oxygen atoms in total. The molecule has 2 aromatic rings. The molecule has 178 valence electrons. The first-order valence-corrected chi connectivity index (χ1v) is 10.4. The van der Waals surface area contributed by atoms with Gasteiger partial charge < -0.3 is 26.9 Å². The molecule has 0 bridgehead atoms. The van der Waals surface area contributed by atoms with E-state index in [2.05, 4.69) is 31.1 Å². The highest BCUT2D eigenvalue weighted by Crippen LogP contribution is 2.27. The number of fused-ring (bicyclic) bond motifs is 1. The summed E-state index contributed by atoms with van der Waals surface area (Å²) in [4.78, 5) is 21.7. The summed E-state index contributed by atoms with van der Waals surface area (Å²) in [5.41, 5.74) is 7.47. The molecule has 1 aromatic carbocycles. The van der Waals surface area contributed by atoms with E-state index in [1.165, 1.54) is 0 Å². The van der Waals surface area contributed by atoms with Gasteiger partial charge in [0.2, 0.25) is 11.8 Å². The zero-order valence-corrected chi connectivity index (χ0v) is 20.2. The third-order valence-corrected chi connectivity index (χ3v) is 5.25. The number of rotatable bonds is 6. The number of guanidine groups is 1. The fraction of sp³-hybridized carbons (Fsp3) is 0.524. The number of hydrogen-bond donors (Lipinski definition) is 5. The summed E-state index contributed by atoms with van der Waals surface area (Å²) in [6.07, 6.45) is 3.91. The first-order chi connectivity index (χ1) is 14.4. The Balaban J connectivity index is 0.00000256. The van der Waals surface area contributed by atoms with E-state index < -0.39 is 0 Å². The van der Waals surface area contributed by atoms with E-state index in [0.717, 1.165) is 36.6 Å². The summed E-state index contributed by atoms with van der Waals surface area (Å²) < 4.78 is 0. The molecule has 0 spiro atoms. The van der Waals surface area contributed by atoms with Gasteiger partial charge in [0, 0.05) is 24.0 Å². The Labute approximate surface area is 200 Å². The van der Waals surface area contributed by atoms with Crippen molar-refractivity contribution in [1.29, 1.82) is 0 Å². The average Bonchev–Trinajstić information content (AvgIpc) is 2.73. The summed E-state index contributed by atoms with van der Waals surface area (Å²) >= 11 is 0. The van der Waals surface area contributed by atoms with Crippen molar-refractivity contribution in [2.45, 2.75) is 58.5 Å². The molecule has 0 saturated heterocycles. The number of nitrogens with two attached hydrogens (primary N) is 1. The highest BCUT2D eigenvalue weighted by molar-refractivity contribution is 5.96. The maximum Gasteiger partial charge on any atom is 0.289 e. The minimum Gasteiger partial charge on any atom is -0.408 e. The number of aryl methyl sites for hydroxylation is 1. The number of carbonyl (C=O) groups is 1. The predicted molar refractivity (Wildman–Crippen MR) is 132 cm³/mol. The standard InChI is InChI=1S/C21H31N7O2.2ClH/c1-12(2)11-23-20(29)19-24-15-9-8-13(3)10-14(15)18(27-19)25-16-6-4-5-7-17(16)26-21(22)28-30;;/h8-10,12,16-17,30H,4-7,11H2,1-3H3,(H,23,29)(H3,22,26,28)(H,24,25,27);2*1H/t16-,17+;;/m0../s1. The molecule has 1 saturated carbocycles. The molecule has 1 heterocycles. The van der Waals surface area contributed by atoms with E-state index in [1.807, 2.05) is 39.0 Å². The number of amides is 1. The van der Waals surface area contributed by atoms with Crippen LogP contribution >= 0.6 is 24.8 Å². The predicted octanol–water partition coefficient (Wildman–Crippen LogP) is 3.18. The molecule has 1 aliphatic rings. The van der Waals surface area contributed by atoms with Crippen LogP contribution in [0.1, 0.15) is 55.7 Å². The number of halogens is 2. The summed E-state index contributed by atoms with van der Waals surface area (Å²) in [6, 6.07) is 5.90. The van der Waals surface area contributed by atoms with E-state index >= 15 is 0 Å². The smallest absolute Gasteiger partial charge is 0.289 e. The SMILES string of the molecule is Cc1ccc2nc(C(=O)NCC(C)C)nc(N[C@H]3CCCC[C@H]3N/C(N)=N\O)c2c1.Cl.Cl. The van der Waals surface area contributed by atoms with Gasteiger partial charge in [-0.15, -0.1) is 24.8 Å². The van der Waals surface area contributed by atoms with Crippen molar-refractivity contribution >= 4 is 53.4 Å². The summed E-state index contributed by atoms with van der Waals surface area (Å²) in [7, 11) is 0. The zero-order chi connectivity index (χ0) is 21.7. The number of hydrogen-bond acceptors (Lipinski definition) is 6. The molecule has 3 rings (SSSR count). The number of nitrogens with zero attached hydrogens (tertiary/aromatic N) is 3. The number of benzene rings is 1. The van der Waals surface area contributed by atoms with Gasteiger partial charge in [0.05, 0.1) is 5.52 Å². The molecule has 11 heteroatoms. The van der Waals surface area contributed by atoms with Crippen LogP contribution in [0.25, 0.3) is 10.9 Å². The molecule has 6 N–H and O–H groups in total. The van der Waals surface area contributed by atoms with Crippen molar-refractivity contribution in [2.75, 3.05) is 11.9 Å². The van der Waals surface area contributed by atoms with Crippen molar-refractivity contribution in [3.8, 4) is 0 Å². The van der Waals surface area contributed by atoms with Crippen molar-refractivity contribution in [3.05, 3.63) is 29.6 Å². The third kappa shape index (κ3) is 7.00. The van der Waals surface area contributed by atoms with Crippen LogP contribution in [0.2, 0.25) is 0 Å². The second-order valence-corrected chi connectivity index (χ2v) is 8.29. The van der Waals surface area contributed by atoms with Gasteiger partial charge in [0.25, 0.3) is 5.91 Å². The van der Waals surface area contributed by atoms with Gasteiger partial charge >= 0.3 is 0 Å². The lowest BCUT2D eigenvalue weighted by atomic mass is 9.90. The van der Waals surface area contributed by atoms with Crippen molar-refractivity contribution in [3.63, 3.8) is 0 Å². The minimum atomic E-state index is -0.288. The number of anilines is 1. The van der Waals surface area contributed by atoms with E-state index in [-0.39, 0.29) is 54.6 Å². The fourth-order valence-corrected chi connectivity index (χ4v) is 3.70. The number of oxime groups is 1. The molecule has 1 aliphatic carbocycles. The van der Waals surface area contributed by atoms with Crippen LogP contribution in [0.5, 0.6) is 0 Å². The van der Waals surface area contributed by atoms with Gasteiger partial charge in [-0.3, -0.25) is 4.79 Å². The van der Waals surface area contributed by atoms with Crippen LogP contribution in [-0.4, -0.2) is 45.7 Å². The lowest BCUT2D eigenvalue weighted by Gasteiger charge is -2.33. The molecule has 32 heavy (non-hydrogen) atoms. The highest BCUT2D eigenvalue weighted by atomic mass is 35.5. The number of carbonyl (C=O) groups excluding carboxylic acids is 1. The second-order valence-electron chi connectivity index (χ2n) is 8.29. The van der Waals surface area contributed by atoms with E-state index in [9.17, 15) is 4.79 Å². The van der Waals surface area contributed by atoms with Crippen LogP contribution < -0.4 is 21.7 Å².